The fourth-order valence-electron chi connectivity index (χ4n) is 9.52. The van der Waals surface area contributed by atoms with Gasteiger partial charge in [-0.25, -0.2) is 4.39 Å². The first-order chi connectivity index (χ1) is 17.0. The van der Waals surface area contributed by atoms with Crippen LogP contribution >= 0.6 is 0 Å². The molecular formula is C30H41FO6. The molecule has 0 saturated heterocycles. The smallest absolute Gasteiger partial charge is 0.311 e. The number of rotatable bonds is 4. The van der Waals surface area contributed by atoms with Crippen LogP contribution in [0.3, 0.4) is 0 Å². The monoisotopic (exact) mass is 516 g/mol. The van der Waals surface area contributed by atoms with Crippen LogP contribution in [0.4, 0.5) is 4.39 Å². The number of carbonyl (C=O) groups excluding carboxylic acids is 3. The first-order valence-corrected chi connectivity index (χ1v) is 13.6. The zero-order valence-electron chi connectivity index (χ0n) is 23.1. The molecule has 37 heavy (non-hydrogen) atoms. The highest BCUT2D eigenvalue weighted by Crippen LogP contribution is 2.73. The largest absolute Gasteiger partial charge is 0.450 e. The maximum absolute atomic E-state index is 17.4. The summed E-state index contributed by atoms with van der Waals surface area (Å²) in [7, 11) is 0. The Morgan fingerprint density at radius 1 is 1.11 bits per heavy atom. The Balaban J connectivity index is 1.59. The standard InChI is InChI=1S/C30H41FO6/c1-16-12-20-19-9-8-17-13-18(33)10-11-27(17,6)29(19,31)21(34)14-28(20,7)30(16,22(35)15-32)37-24(36)23-25(2,3)26(23,4)5/h10-11,13,16,19-21,23,32,34H,8-9,12,14-15H2,1-7H3/t16-,19+,20+,21+,27+,28+,29+,30+/m1/s1. The van der Waals surface area contributed by atoms with Crippen molar-refractivity contribution in [3.63, 3.8) is 0 Å². The van der Waals surface area contributed by atoms with E-state index in [1.54, 1.807) is 13.0 Å². The molecule has 0 aromatic rings. The van der Waals surface area contributed by atoms with Crippen LogP contribution in [0.1, 0.15) is 74.1 Å². The minimum absolute atomic E-state index is 0.0872. The van der Waals surface area contributed by atoms with Crippen molar-refractivity contribution < 1.29 is 33.7 Å². The Bertz CT molecular complexity index is 1120. The Kier molecular flexibility index (Phi) is 5.51. The predicted molar refractivity (Wildman–Crippen MR) is 135 cm³/mol. The van der Waals surface area contributed by atoms with Crippen molar-refractivity contribution in [2.75, 3.05) is 6.61 Å². The molecule has 0 heterocycles. The summed E-state index contributed by atoms with van der Waals surface area (Å²) in [5.41, 5.74) is -5.82. The van der Waals surface area contributed by atoms with Gasteiger partial charge in [-0.3, -0.25) is 14.4 Å². The summed E-state index contributed by atoms with van der Waals surface area (Å²) in [5.74, 6) is -3.06. The number of aliphatic hydroxyl groups excluding tert-OH is 2. The second kappa shape index (κ2) is 7.62. The van der Waals surface area contributed by atoms with Crippen LogP contribution in [0, 0.1) is 45.3 Å². The van der Waals surface area contributed by atoms with Crippen molar-refractivity contribution in [3.8, 4) is 0 Å². The van der Waals surface area contributed by atoms with Gasteiger partial charge in [0.15, 0.2) is 17.1 Å². The normalized spacial score (nSPS) is 47.4. The van der Waals surface area contributed by atoms with Crippen LogP contribution in [0.15, 0.2) is 23.8 Å². The van der Waals surface area contributed by atoms with Crippen molar-refractivity contribution in [3.05, 3.63) is 23.8 Å². The third kappa shape index (κ3) is 2.91. The molecule has 7 heteroatoms. The van der Waals surface area contributed by atoms with Gasteiger partial charge in [0, 0.05) is 22.7 Å². The number of allylic oxidation sites excluding steroid dienone is 4. The number of hydrogen-bond acceptors (Lipinski definition) is 6. The number of fused-ring (bicyclic) bond motifs is 5. The lowest BCUT2D eigenvalue weighted by Gasteiger charge is -2.62. The summed E-state index contributed by atoms with van der Waals surface area (Å²) in [6.45, 7) is 12.6. The number of aliphatic hydroxyl groups is 2. The second-order valence-electron chi connectivity index (χ2n) is 14.0. The number of ether oxygens (including phenoxy) is 1. The quantitative estimate of drug-likeness (QED) is 0.545. The van der Waals surface area contributed by atoms with Crippen LogP contribution < -0.4 is 0 Å². The molecule has 8 atom stereocenters. The lowest BCUT2D eigenvalue weighted by Crippen LogP contribution is -2.70. The number of halogens is 1. The van der Waals surface area contributed by atoms with E-state index in [0.717, 1.165) is 0 Å². The Morgan fingerprint density at radius 3 is 2.30 bits per heavy atom. The third-order valence-corrected chi connectivity index (χ3v) is 12.3. The first kappa shape index (κ1) is 26.7. The van der Waals surface area contributed by atoms with E-state index in [0.29, 0.717) is 24.8 Å². The number of esters is 1. The molecule has 4 fully saturated rings. The molecule has 204 valence electrons. The van der Waals surface area contributed by atoms with Gasteiger partial charge >= 0.3 is 5.97 Å². The van der Waals surface area contributed by atoms with Gasteiger partial charge in [0.05, 0.1) is 12.0 Å². The van der Waals surface area contributed by atoms with Crippen LogP contribution in [0.25, 0.3) is 0 Å². The average molecular weight is 517 g/mol. The van der Waals surface area contributed by atoms with Gasteiger partial charge in [0.1, 0.15) is 6.61 Å². The Hall–Kier alpha value is -1.86. The zero-order valence-corrected chi connectivity index (χ0v) is 23.1. The maximum atomic E-state index is 17.4. The molecule has 0 spiro atoms. The summed E-state index contributed by atoms with van der Waals surface area (Å²) in [4.78, 5) is 39.3. The molecule has 5 aliphatic carbocycles. The highest BCUT2D eigenvalue weighted by atomic mass is 19.1. The average Bonchev–Trinajstić information content (AvgIpc) is 3.12. The lowest BCUT2D eigenvalue weighted by atomic mass is 9.44. The van der Waals surface area contributed by atoms with Gasteiger partial charge < -0.3 is 14.9 Å². The van der Waals surface area contributed by atoms with Crippen LogP contribution in [0.5, 0.6) is 0 Å². The number of hydrogen-bond donors (Lipinski definition) is 2. The molecule has 0 aromatic heterocycles. The molecular weight excluding hydrogens is 475 g/mol. The van der Waals surface area contributed by atoms with E-state index < -0.39 is 64.3 Å². The van der Waals surface area contributed by atoms with Crippen LogP contribution in [-0.2, 0) is 19.1 Å². The van der Waals surface area contributed by atoms with Crippen molar-refractivity contribution in [2.45, 2.75) is 91.5 Å². The topological polar surface area (TPSA) is 101 Å². The number of ketones is 2. The molecule has 4 saturated carbocycles. The lowest BCUT2D eigenvalue weighted by molar-refractivity contribution is -0.229. The SMILES string of the molecule is C[C@@H]1C[C@H]2[C@@H]3CCC4=CC(=O)C=C[C@]4(C)[C@@]3(F)[C@@H](O)C[C@]2(C)[C@@]1(OC(=O)C1C(C)(C)C1(C)C)C(=O)CO. The van der Waals surface area contributed by atoms with E-state index in [1.807, 2.05) is 41.5 Å². The predicted octanol–water partition coefficient (Wildman–Crippen LogP) is 4.13. The highest BCUT2D eigenvalue weighted by molar-refractivity contribution is 6.01. The molecule has 0 unspecified atom stereocenters. The van der Waals surface area contributed by atoms with Crippen molar-refractivity contribution in [2.24, 2.45) is 45.3 Å². The van der Waals surface area contributed by atoms with Crippen molar-refractivity contribution in [1.82, 2.24) is 0 Å². The van der Waals surface area contributed by atoms with E-state index in [9.17, 15) is 24.6 Å². The fourth-order valence-corrected chi connectivity index (χ4v) is 9.52. The second-order valence-corrected chi connectivity index (χ2v) is 14.0. The van der Waals surface area contributed by atoms with Gasteiger partial charge in [0.25, 0.3) is 0 Å². The summed E-state index contributed by atoms with van der Waals surface area (Å²) in [6.07, 6.45) is 4.31. The highest BCUT2D eigenvalue weighted by Gasteiger charge is 2.78. The molecule has 0 aromatic carbocycles. The van der Waals surface area contributed by atoms with Crippen molar-refractivity contribution >= 4 is 17.5 Å². The Labute approximate surface area is 218 Å². The molecule has 0 aliphatic heterocycles. The van der Waals surface area contributed by atoms with E-state index >= 15 is 4.39 Å². The van der Waals surface area contributed by atoms with Gasteiger partial charge in [-0.05, 0) is 61.5 Å². The van der Waals surface area contributed by atoms with Gasteiger partial charge in [0.2, 0.25) is 5.78 Å². The first-order valence-electron chi connectivity index (χ1n) is 13.6. The maximum Gasteiger partial charge on any atom is 0.311 e. The minimum atomic E-state index is -2.04. The molecule has 2 N–H and O–H groups in total. The van der Waals surface area contributed by atoms with Crippen molar-refractivity contribution in [1.29, 1.82) is 0 Å². The third-order valence-electron chi connectivity index (χ3n) is 12.3. The van der Waals surface area contributed by atoms with Crippen LogP contribution in [0.2, 0.25) is 0 Å². The van der Waals surface area contributed by atoms with Gasteiger partial charge in [-0.15, -0.1) is 0 Å². The molecule has 0 bridgehead atoms. The number of Topliss-reactive ketones (excluding diaryl/α,β-unsaturated/α-hetero) is 1. The summed E-state index contributed by atoms with van der Waals surface area (Å²) in [5, 5.41) is 21.7. The van der Waals surface area contributed by atoms with E-state index in [2.05, 4.69) is 0 Å². The zero-order chi connectivity index (χ0) is 27.6. The molecule has 0 radical (unpaired) electrons. The number of carbonyl (C=O) groups is 3. The molecule has 6 nitrogen and oxygen atoms in total. The molecule has 5 rings (SSSR count). The van der Waals surface area contributed by atoms with E-state index in [-0.39, 0.29) is 29.0 Å². The summed E-state index contributed by atoms with van der Waals surface area (Å²) in [6, 6.07) is 0. The summed E-state index contributed by atoms with van der Waals surface area (Å²) >= 11 is 0. The number of alkyl halides is 1. The minimum Gasteiger partial charge on any atom is -0.450 e. The molecule has 0 amide bonds. The van der Waals surface area contributed by atoms with E-state index in [4.69, 9.17) is 4.74 Å². The fraction of sp³-hybridized carbons (Fsp3) is 0.767. The van der Waals surface area contributed by atoms with E-state index in [1.165, 1.54) is 12.2 Å². The van der Waals surface area contributed by atoms with Gasteiger partial charge in [-0.2, -0.15) is 0 Å². The van der Waals surface area contributed by atoms with Gasteiger partial charge in [-0.1, -0.05) is 53.2 Å². The van der Waals surface area contributed by atoms with Crippen LogP contribution in [-0.4, -0.2) is 51.7 Å². The molecule has 5 aliphatic rings. The summed E-state index contributed by atoms with van der Waals surface area (Å²) < 4.78 is 23.7. The Morgan fingerprint density at radius 2 is 1.73 bits per heavy atom.